The Bertz CT molecular complexity index is 906. The second-order valence-corrected chi connectivity index (χ2v) is 5.48. The lowest BCUT2D eigenvalue weighted by molar-refractivity contribution is 0.102. The van der Waals surface area contributed by atoms with Gasteiger partial charge in [-0.1, -0.05) is 0 Å². The largest absolute Gasteiger partial charge is 0.442 e. The van der Waals surface area contributed by atoms with Crippen LogP contribution in [0.3, 0.4) is 0 Å². The standard InChI is InChI=1S/C13H12N4O3S/c1-6-4-21-13(15-6)16-10(18)8-7(2)20-11-9(8)12(19)17(3)5-14-11/h4-5H,1-3H3,(H,15,16,18). The molecule has 1 N–H and O–H groups in total. The van der Waals surface area contributed by atoms with E-state index >= 15 is 0 Å². The number of fused-ring (bicyclic) bond motifs is 1. The van der Waals surface area contributed by atoms with E-state index in [9.17, 15) is 9.59 Å². The first-order chi connectivity index (χ1) is 9.97. The molecule has 8 heteroatoms. The normalized spacial score (nSPS) is 11.0. The second-order valence-electron chi connectivity index (χ2n) is 4.62. The second kappa shape index (κ2) is 4.81. The number of anilines is 1. The zero-order valence-corrected chi connectivity index (χ0v) is 12.4. The molecule has 3 heterocycles. The maximum absolute atomic E-state index is 12.4. The maximum atomic E-state index is 12.4. The van der Waals surface area contributed by atoms with Gasteiger partial charge < -0.3 is 8.98 Å². The Labute approximate surface area is 123 Å². The van der Waals surface area contributed by atoms with Crippen molar-refractivity contribution in [2.24, 2.45) is 7.05 Å². The number of hydrogen-bond donors (Lipinski definition) is 1. The predicted octanol–water partition coefficient (Wildman–Crippen LogP) is 1.85. The minimum absolute atomic E-state index is 0.163. The fourth-order valence-corrected chi connectivity index (χ4v) is 2.71. The van der Waals surface area contributed by atoms with Gasteiger partial charge in [0.1, 0.15) is 17.5 Å². The van der Waals surface area contributed by atoms with Crippen molar-refractivity contribution in [3.05, 3.63) is 39.1 Å². The van der Waals surface area contributed by atoms with Crippen LogP contribution in [0.15, 0.2) is 20.9 Å². The van der Waals surface area contributed by atoms with Crippen molar-refractivity contribution in [2.45, 2.75) is 13.8 Å². The Kier molecular flexibility index (Phi) is 3.09. The molecule has 0 aromatic carbocycles. The molecule has 0 aliphatic carbocycles. The van der Waals surface area contributed by atoms with E-state index in [1.54, 1.807) is 14.0 Å². The summed E-state index contributed by atoms with van der Waals surface area (Å²) in [6.45, 7) is 3.47. The zero-order valence-electron chi connectivity index (χ0n) is 11.6. The van der Waals surface area contributed by atoms with Crippen molar-refractivity contribution in [1.29, 1.82) is 0 Å². The first kappa shape index (κ1) is 13.5. The van der Waals surface area contributed by atoms with Crippen LogP contribution in [0.25, 0.3) is 11.1 Å². The van der Waals surface area contributed by atoms with Crippen molar-refractivity contribution < 1.29 is 9.21 Å². The summed E-state index contributed by atoms with van der Waals surface area (Å²) in [6.07, 6.45) is 1.36. The third-order valence-corrected chi connectivity index (χ3v) is 3.89. The summed E-state index contributed by atoms with van der Waals surface area (Å²) in [5.74, 6) is -0.0720. The zero-order chi connectivity index (χ0) is 15.1. The monoisotopic (exact) mass is 304 g/mol. The van der Waals surface area contributed by atoms with E-state index in [1.165, 1.54) is 22.2 Å². The van der Waals surface area contributed by atoms with E-state index in [0.29, 0.717) is 10.9 Å². The van der Waals surface area contributed by atoms with Gasteiger partial charge in [-0.15, -0.1) is 11.3 Å². The molecule has 0 aliphatic heterocycles. The van der Waals surface area contributed by atoms with Gasteiger partial charge in [0.15, 0.2) is 5.13 Å². The van der Waals surface area contributed by atoms with Gasteiger partial charge in [0, 0.05) is 12.4 Å². The molecule has 0 spiro atoms. The van der Waals surface area contributed by atoms with Gasteiger partial charge in [0.25, 0.3) is 11.5 Å². The lowest BCUT2D eigenvalue weighted by Gasteiger charge is -2.01. The summed E-state index contributed by atoms with van der Waals surface area (Å²) >= 11 is 1.32. The fraction of sp³-hybridized carbons (Fsp3) is 0.231. The molecule has 0 radical (unpaired) electrons. The molecular weight excluding hydrogens is 292 g/mol. The Hall–Kier alpha value is -2.48. The highest BCUT2D eigenvalue weighted by molar-refractivity contribution is 7.13. The molecule has 0 atom stereocenters. The summed E-state index contributed by atoms with van der Waals surface area (Å²) in [7, 11) is 1.57. The highest BCUT2D eigenvalue weighted by atomic mass is 32.1. The third-order valence-electron chi connectivity index (χ3n) is 3.01. The summed E-state index contributed by atoms with van der Waals surface area (Å²) in [5.41, 5.74) is 0.863. The minimum atomic E-state index is -0.425. The van der Waals surface area contributed by atoms with Gasteiger partial charge in [-0.05, 0) is 13.8 Å². The van der Waals surface area contributed by atoms with Gasteiger partial charge in [-0.25, -0.2) is 9.97 Å². The number of hydrogen-bond acceptors (Lipinski definition) is 6. The Morgan fingerprint density at radius 1 is 1.43 bits per heavy atom. The quantitative estimate of drug-likeness (QED) is 0.780. The number of aromatic nitrogens is 3. The van der Waals surface area contributed by atoms with Gasteiger partial charge in [0.2, 0.25) is 5.71 Å². The predicted molar refractivity (Wildman–Crippen MR) is 78.8 cm³/mol. The molecule has 1 amide bonds. The molecule has 0 unspecified atom stereocenters. The molecule has 21 heavy (non-hydrogen) atoms. The molecule has 0 bridgehead atoms. The highest BCUT2D eigenvalue weighted by Crippen LogP contribution is 2.23. The SMILES string of the molecule is Cc1csc(NC(=O)c2c(C)oc3ncn(C)c(=O)c23)n1. The first-order valence-electron chi connectivity index (χ1n) is 6.15. The first-order valence-corrected chi connectivity index (χ1v) is 7.03. The lowest BCUT2D eigenvalue weighted by atomic mass is 10.2. The van der Waals surface area contributed by atoms with Gasteiger partial charge >= 0.3 is 0 Å². The molecule has 3 rings (SSSR count). The molecule has 3 aromatic rings. The van der Waals surface area contributed by atoms with Crippen LogP contribution in [0.1, 0.15) is 21.8 Å². The summed E-state index contributed by atoms with van der Waals surface area (Å²) < 4.78 is 6.70. The number of carbonyl (C=O) groups excluding carboxylic acids is 1. The molecular formula is C13H12N4O3S. The number of thiazole rings is 1. The summed E-state index contributed by atoms with van der Waals surface area (Å²) in [5, 5.41) is 5.17. The molecule has 0 fully saturated rings. The van der Waals surface area contributed by atoms with Crippen LogP contribution in [-0.4, -0.2) is 20.4 Å². The van der Waals surface area contributed by atoms with Crippen molar-refractivity contribution >= 4 is 33.5 Å². The van der Waals surface area contributed by atoms with Crippen LogP contribution in [0.5, 0.6) is 0 Å². The topological polar surface area (TPSA) is 90.0 Å². The van der Waals surface area contributed by atoms with E-state index in [2.05, 4.69) is 15.3 Å². The van der Waals surface area contributed by atoms with Crippen LogP contribution < -0.4 is 10.9 Å². The van der Waals surface area contributed by atoms with Crippen LogP contribution in [0.2, 0.25) is 0 Å². The molecule has 7 nitrogen and oxygen atoms in total. The maximum Gasteiger partial charge on any atom is 0.265 e. The van der Waals surface area contributed by atoms with Crippen molar-refractivity contribution in [1.82, 2.24) is 14.5 Å². The van der Waals surface area contributed by atoms with E-state index < -0.39 is 5.91 Å². The third kappa shape index (κ3) is 2.23. The molecule has 0 aliphatic rings. The number of nitrogens with zero attached hydrogens (tertiary/aromatic N) is 3. The summed E-state index contributed by atoms with van der Waals surface area (Å²) in [4.78, 5) is 32.8. The summed E-state index contributed by atoms with van der Waals surface area (Å²) in [6, 6.07) is 0. The van der Waals surface area contributed by atoms with Gasteiger partial charge in [0.05, 0.1) is 11.3 Å². The number of carbonyl (C=O) groups is 1. The molecule has 108 valence electrons. The highest BCUT2D eigenvalue weighted by Gasteiger charge is 2.23. The van der Waals surface area contributed by atoms with E-state index in [1.807, 2.05) is 12.3 Å². The number of rotatable bonds is 2. The number of furan rings is 1. The van der Waals surface area contributed by atoms with Crippen LogP contribution in [-0.2, 0) is 7.05 Å². The minimum Gasteiger partial charge on any atom is -0.442 e. The van der Waals surface area contributed by atoms with Crippen LogP contribution in [0, 0.1) is 13.8 Å². The number of nitrogens with one attached hydrogen (secondary N) is 1. The van der Waals surface area contributed by atoms with Crippen molar-refractivity contribution in [2.75, 3.05) is 5.32 Å². The average Bonchev–Trinajstić information content (AvgIpc) is 2.97. The number of amides is 1. The van der Waals surface area contributed by atoms with Crippen molar-refractivity contribution in [3.8, 4) is 0 Å². The smallest absolute Gasteiger partial charge is 0.265 e. The van der Waals surface area contributed by atoms with Crippen molar-refractivity contribution in [3.63, 3.8) is 0 Å². The molecule has 0 saturated heterocycles. The molecule has 3 aromatic heterocycles. The molecule has 0 saturated carbocycles. The lowest BCUT2D eigenvalue weighted by Crippen LogP contribution is -2.20. The van der Waals surface area contributed by atoms with Crippen LogP contribution >= 0.6 is 11.3 Å². The fourth-order valence-electron chi connectivity index (χ4n) is 2.03. The average molecular weight is 304 g/mol. The Morgan fingerprint density at radius 2 is 2.19 bits per heavy atom. The number of aryl methyl sites for hydroxylation is 3. The van der Waals surface area contributed by atoms with Gasteiger partial charge in [-0.3, -0.25) is 14.9 Å². The van der Waals surface area contributed by atoms with Crippen LogP contribution in [0.4, 0.5) is 5.13 Å². The van der Waals surface area contributed by atoms with Gasteiger partial charge in [-0.2, -0.15) is 0 Å². The Balaban J connectivity index is 2.11. The Morgan fingerprint density at radius 3 is 2.86 bits per heavy atom. The van der Waals surface area contributed by atoms with E-state index in [-0.39, 0.29) is 22.2 Å². The van der Waals surface area contributed by atoms with E-state index in [4.69, 9.17) is 4.42 Å². The van der Waals surface area contributed by atoms with E-state index in [0.717, 1.165) is 5.69 Å².